The summed E-state index contributed by atoms with van der Waals surface area (Å²) in [7, 11) is 0. The summed E-state index contributed by atoms with van der Waals surface area (Å²) >= 11 is 7.36. The van der Waals surface area contributed by atoms with Gasteiger partial charge in [0.1, 0.15) is 6.04 Å². The number of nitrogens with two attached hydrogens (primary N) is 1. The highest BCUT2D eigenvalue weighted by Crippen LogP contribution is 2.23. The SMILES string of the molecule is Cc1ccc(Cl)cc1NC(=O)C(N)c1cccs1. The molecule has 0 saturated carbocycles. The van der Waals surface area contributed by atoms with E-state index in [-0.39, 0.29) is 5.91 Å². The molecule has 2 rings (SSSR count). The number of carbonyl (C=O) groups is 1. The maximum Gasteiger partial charge on any atom is 0.246 e. The Kier molecular flexibility index (Phi) is 4.01. The van der Waals surface area contributed by atoms with Crippen molar-refractivity contribution < 1.29 is 4.79 Å². The molecule has 94 valence electrons. The van der Waals surface area contributed by atoms with Crippen molar-refractivity contribution >= 4 is 34.5 Å². The van der Waals surface area contributed by atoms with Crippen molar-refractivity contribution in [1.29, 1.82) is 0 Å². The lowest BCUT2D eigenvalue weighted by molar-refractivity contribution is -0.117. The Hall–Kier alpha value is -1.36. The van der Waals surface area contributed by atoms with Crippen molar-refractivity contribution in [2.24, 2.45) is 5.73 Å². The predicted molar refractivity (Wildman–Crippen MR) is 76.1 cm³/mol. The molecule has 3 N–H and O–H groups in total. The molecular formula is C13H13ClN2OS. The van der Waals surface area contributed by atoms with Crippen LogP contribution in [0.2, 0.25) is 5.02 Å². The number of thiophene rings is 1. The van der Waals surface area contributed by atoms with Crippen LogP contribution in [0.5, 0.6) is 0 Å². The van der Waals surface area contributed by atoms with Gasteiger partial charge in [0.2, 0.25) is 5.91 Å². The van der Waals surface area contributed by atoms with Crippen LogP contribution in [-0.2, 0) is 4.79 Å². The van der Waals surface area contributed by atoms with Gasteiger partial charge in [0.25, 0.3) is 0 Å². The van der Waals surface area contributed by atoms with Crippen molar-refractivity contribution in [3.05, 3.63) is 51.2 Å². The van der Waals surface area contributed by atoms with Crippen molar-refractivity contribution in [3.63, 3.8) is 0 Å². The summed E-state index contributed by atoms with van der Waals surface area (Å²) in [6.45, 7) is 1.91. The van der Waals surface area contributed by atoms with Crippen LogP contribution in [0.1, 0.15) is 16.5 Å². The Morgan fingerprint density at radius 2 is 2.22 bits per heavy atom. The summed E-state index contributed by atoms with van der Waals surface area (Å²) in [4.78, 5) is 12.8. The number of halogens is 1. The number of benzene rings is 1. The molecule has 2 aromatic rings. The molecule has 0 aliphatic rings. The number of amides is 1. The van der Waals surface area contributed by atoms with Crippen molar-refractivity contribution in [2.75, 3.05) is 5.32 Å². The van der Waals surface area contributed by atoms with Crippen LogP contribution in [-0.4, -0.2) is 5.91 Å². The van der Waals surface area contributed by atoms with Gasteiger partial charge in [0, 0.05) is 15.6 Å². The lowest BCUT2D eigenvalue weighted by Crippen LogP contribution is -2.27. The molecule has 1 atom stereocenters. The van der Waals surface area contributed by atoms with Crippen LogP contribution in [0.15, 0.2) is 35.7 Å². The van der Waals surface area contributed by atoms with Crippen LogP contribution in [0, 0.1) is 6.92 Å². The number of hydrogen-bond donors (Lipinski definition) is 2. The minimum absolute atomic E-state index is 0.234. The summed E-state index contributed by atoms with van der Waals surface area (Å²) in [6.07, 6.45) is 0. The third kappa shape index (κ3) is 2.90. The molecule has 18 heavy (non-hydrogen) atoms. The molecule has 0 bridgehead atoms. The van der Waals surface area contributed by atoms with Gasteiger partial charge in [-0.1, -0.05) is 23.7 Å². The predicted octanol–water partition coefficient (Wildman–Crippen LogP) is 3.35. The number of hydrogen-bond acceptors (Lipinski definition) is 3. The first kappa shape index (κ1) is 13.1. The number of aryl methyl sites for hydroxylation is 1. The van der Waals surface area contributed by atoms with Gasteiger partial charge < -0.3 is 11.1 Å². The normalized spacial score (nSPS) is 12.2. The number of anilines is 1. The molecule has 1 amide bonds. The summed E-state index contributed by atoms with van der Waals surface area (Å²) in [6, 6.07) is 8.43. The molecule has 0 aliphatic carbocycles. The van der Waals surface area contributed by atoms with Crippen LogP contribution in [0.25, 0.3) is 0 Å². The molecule has 3 nitrogen and oxygen atoms in total. The second-order valence-electron chi connectivity index (χ2n) is 3.94. The fourth-order valence-electron chi connectivity index (χ4n) is 1.54. The van der Waals surface area contributed by atoms with E-state index in [0.717, 1.165) is 10.4 Å². The van der Waals surface area contributed by atoms with E-state index in [9.17, 15) is 4.79 Å². The van der Waals surface area contributed by atoms with Crippen molar-refractivity contribution in [1.82, 2.24) is 0 Å². The molecule has 5 heteroatoms. The molecule has 0 aliphatic heterocycles. The van der Waals surface area contributed by atoms with E-state index in [1.54, 1.807) is 12.1 Å². The first-order chi connectivity index (χ1) is 8.58. The lowest BCUT2D eigenvalue weighted by Gasteiger charge is -2.12. The second-order valence-corrected chi connectivity index (χ2v) is 5.36. The van der Waals surface area contributed by atoms with Gasteiger partial charge in [-0.3, -0.25) is 4.79 Å². The molecule has 1 aromatic heterocycles. The Labute approximate surface area is 115 Å². The number of rotatable bonds is 3. The van der Waals surface area contributed by atoms with Gasteiger partial charge in [0.05, 0.1) is 0 Å². The van der Waals surface area contributed by atoms with Crippen LogP contribution in [0.3, 0.4) is 0 Å². The zero-order chi connectivity index (χ0) is 13.1. The van der Waals surface area contributed by atoms with Crippen LogP contribution < -0.4 is 11.1 Å². The standard InChI is InChI=1S/C13H13ClN2OS/c1-8-4-5-9(14)7-10(8)16-13(17)12(15)11-3-2-6-18-11/h2-7,12H,15H2,1H3,(H,16,17). The van der Waals surface area contributed by atoms with Gasteiger partial charge in [-0.05, 0) is 36.1 Å². The zero-order valence-electron chi connectivity index (χ0n) is 9.81. The molecule has 0 saturated heterocycles. The van der Waals surface area contributed by atoms with Crippen LogP contribution in [0.4, 0.5) is 5.69 Å². The second kappa shape index (κ2) is 5.52. The van der Waals surface area contributed by atoms with E-state index < -0.39 is 6.04 Å². The van der Waals surface area contributed by atoms with E-state index in [1.165, 1.54) is 11.3 Å². The van der Waals surface area contributed by atoms with Gasteiger partial charge in [-0.25, -0.2) is 0 Å². The summed E-state index contributed by atoms with van der Waals surface area (Å²) in [5.74, 6) is -0.234. The molecule has 0 fully saturated rings. The minimum Gasteiger partial charge on any atom is -0.324 e. The first-order valence-electron chi connectivity index (χ1n) is 5.44. The highest BCUT2D eigenvalue weighted by Gasteiger charge is 2.17. The van der Waals surface area contributed by atoms with E-state index >= 15 is 0 Å². The minimum atomic E-state index is -0.650. The van der Waals surface area contributed by atoms with Crippen molar-refractivity contribution in [2.45, 2.75) is 13.0 Å². The molecule has 0 radical (unpaired) electrons. The number of nitrogens with one attached hydrogen (secondary N) is 1. The topological polar surface area (TPSA) is 55.1 Å². The molecule has 1 heterocycles. The van der Waals surface area contributed by atoms with Gasteiger partial charge in [-0.2, -0.15) is 0 Å². The smallest absolute Gasteiger partial charge is 0.246 e. The quantitative estimate of drug-likeness (QED) is 0.906. The maximum atomic E-state index is 12.0. The first-order valence-corrected chi connectivity index (χ1v) is 6.69. The fraction of sp³-hybridized carbons (Fsp3) is 0.154. The van der Waals surface area contributed by atoms with Crippen LogP contribution >= 0.6 is 22.9 Å². The fourth-order valence-corrected chi connectivity index (χ4v) is 2.43. The highest BCUT2D eigenvalue weighted by atomic mass is 35.5. The Morgan fingerprint density at radius 1 is 1.44 bits per heavy atom. The van der Waals surface area contributed by atoms with E-state index in [4.69, 9.17) is 17.3 Å². The Balaban J connectivity index is 2.14. The van der Waals surface area contributed by atoms with E-state index in [1.807, 2.05) is 30.5 Å². The van der Waals surface area contributed by atoms with Gasteiger partial charge in [-0.15, -0.1) is 11.3 Å². The maximum absolute atomic E-state index is 12.0. The third-order valence-electron chi connectivity index (χ3n) is 2.59. The van der Waals surface area contributed by atoms with E-state index in [2.05, 4.69) is 5.32 Å². The molecule has 1 aromatic carbocycles. The monoisotopic (exact) mass is 280 g/mol. The Morgan fingerprint density at radius 3 is 2.89 bits per heavy atom. The average molecular weight is 281 g/mol. The summed E-state index contributed by atoms with van der Waals surface area (Å²) < 4.78 is 0. The summed E-state index contributed by atoms with van der Waals surface area (Å²) in [5.41, 5.74) is 7.53. The average Bonchev–Trinajstić information content (AvgIpc) is 2.86. The largest absolute Gasteiger partial charge is 0.324 e. The zero-order valence-corrected chi connectivity index (χ0v) is 11.4. The van der Waals surface area contributed by atoms with Crippen molar-refractivity contribution in [3.8, 4) is 0 Å². The molecular weight excluding hydrogens is 268 g/mol. The van der Waals surface area contributed by atoms with E-state index in [0.29, 0.717) is 10.7 Å². The van der Waals surface area contributed by atoms with Gasteiger partial charge >= 0.3 is 0 Å². The lowest BCUT2D eigenvalue weighted by atomic mass is 10.2. The third-order valence-corrected chi connectivity index (χ3v) is 3.78. The molecule has 0 spiro atoms. The summed E-state index contributed by atoms with van der Waals surface area (Å²) in [5, 5.41) is 5.28. The molecule has 1 unspecified atom stereocenters. The number of carbonyl (C=O) groups excluding carboxylic acids is 1. The van der Waals surface area contributed by atoms with Gasteiger partial charge in [0.15, 0.2) is 0 Å². The Bertz CT molecular complexity index is 554. The highest BCUT2D eigenvalue weighted by molar-refractivity contribution is 7.10.